The summed E-state index contributed by atoms with van der Waals surface area (Å²) in [7, 11) is 0. The van der Waals surface area contributed by atoms with Gasteiger partial charge in [0.15, 0.2) is 0 Å². The van der Waals surface area contributed by atoms with Crippen LogP contribution in [0.2, 0.25) is 0 Å². The van der Waals surface area contributed by atoms with Crippen molar-refractivity contribution in [2.45, 2.75) is 57.4 Å². The molecule has 1 aliphatic heterocycles. The highest BCUT2D eigenvalue weighted by Crippen LogP contribution is 2.38. The molecule has 1 atom stereocenters. The summed E-state index contributed by atoms with van der Waals surface area (Å²) in [6, 6.07) is 12.9. The van der Waals surface area contributed by atoms with Gasteiger partial charge in [-0.1, -0.05) is 62.4 Å². The zero-order valence-electron chi connectivity index (χ0n) is 14.8. The predicted octanol–water partition coefficient (Wildman–Crippen LogP) is 5.58. The number of hydrogen-bond donors (Lipinski definition) is 0. The molecule has 0 spiro atoms. The van der Waals surface area contributed by atoms with Gasteiger partial charge in [-0.2, -0.15) is 0 Å². The lowest BCUT2D eigenvalue weighted by atomic mass is 9.85. The van der Waals surface area contributed by atoms with Gasteiger partial charge in [-0.05, 0) is 41.3 Å². The quantitative estimate of drug-likeness (QED) is 0.702. The van der Waals surface area contributed by atoms with Crippen molar-refractivity contribution in [2.75, 3.05) is 6.54 Å². The highest BCUT2D eigenvalue weighted by atomic mass is 32.1. The minimum atomic E-state index is 0.107. The molecule has 2 nitrogen and oxygen atoms in total. The molecule has 0 N–H and O–H groups in total. The van der Waals surface area contributed by atoms with Gasteiger partial charge >= 0.3 is 0 Å². The molecule has 0 saturated heterocycles. The summed E-state index contributed by atoms with van der Waals surface area (Å²) in [5.41, 5.74) is 2.58. The number of carbonyl (C=O) groups is 1. The van der Waals surface area contributed by atoms with Crippen LogP contribution in [0.15, 0.2) is 41.8 Å². The molecule has 132 valence electrons. The van der Waals surface area contributed by atoms with Crippen LogP contribution in [0.1, 0.15) is 67.0 Å². The standard InChI is InChI=1S/C22H27NOS/c24-21(12-11-17-7-3-1-4-8-17)23-15-13-20-19(14-16-25-20)22(23)18-9-5-2-6-10-18/h2,5-6,9-10,14,16-17,22H,1,3-4,7-8,11-13,15H2. The Morgan fingerprint density at radius 2 is 1.88 bits per heavy atom. The first-order valence-electron chi connectivity index (χ1n) is 9.73. The maximum Gasteiger partial charge on any atom is 0.223 e. The van der Waals surface area contributed by atoms with E-state index < -0.39 is 0 Å². The Morgan fingerprint density at radius 3 is 2.68 bits per heavy atom. The Balaban J connectivity index is 1.52. The van der Waals surface area contributed by atoms with Crippen molar-refractivity contribution in [3.05, 3.63) is 57.8 Å². The number of hydrogen-bond acceptors (Lipinski definition) is 2. The van der Waals surface area contributed by atoms with Crippen LogP contribution in [0.4, 0.5) is 0 Å². The summed E-state index contributed by atoms with van der Waals surface area (Å²) in [4.78, 5) is 16.7. The van der Waals surface area contributed by atoms with Crippen molar-refractivity contribution < 1.29 is 4.79 Å². The highest BCUT2D eigenvalue weighted by molar-refractivity contribution is 7.10. The van der Waals surface area contributed by atoms with Crippen LogP contribution < -0.4 is 0 Å². The van der Waals surface area contributed by atoms with Gasteiger partial charge in [-0.3, -0.25) is 4.79 Å². The van der Waals surface area contributed by atoms with Gasteiger partial charge in [0.25, 0.3) is 0 Å². The number of carbonyl (C=O) groups excluding carboxylic acids is 1. The molecule has 1 saturated carbocycles. The number of benzene rings is 1. The van der Waals surface area contributed by atoms with Gasteiger partial charge in [0.2, 0.25) is 5.91 Å². The van der Waals surface area contributed by atoms with Crippen molar-refractivity contribution in [2.24, 2.45) is 5.92 Å². The van der Waals surface area contributed by atoms with Crippen LogP contribution in [0.3, 0.4) is 0 Å². The molecule has 1 fully saturated rings. The van der Waals surface area contributed by atoms with Crippen LogP contribution in [0.25, 0.3) is 0 Å². The topological polar surface area (TPSA) is 20.3 Å². The van der Waals surface area contributed by atoms with E-state index in [4.69, 9.17) is 0 Å². The summed E-state index contributed by atoms with van der Waals surface area (Å²) in [6.45, 7) is 0.858. The van der Waals surface area contributed by atoms with Gasteiger partial charge in [0.1, 0.15) is 0 Å². The van der Waals surface area contributed by atoms with E-state index in [-0.39, 0.29) is 6.04 Å². The van der Waals surface area contributed by atoms with Crippen LogP contribution in [0.5, 0.6) is 0 Å². The number of rotatable bonds is 4. The first-order chi connectivity index (χ1) is 12.3. The highest BCUT2D eigenvalue weighted by Gasteiger charge is 2.32. The fourth-order valence-corrected chi connectivity index (χ4v) is 5.43. The second-order valence-corrected chi connectivity index (χ2v) is 8.49. The first kappa shape index (κ1) is 16.8. The number of amides is 1. The Morgan fingerprint density at radius 1 is 1.08 bits per heavy atom. The zero-order chi connectivity index (χ0) is 17.1. The van der Waals surface area contributed by atoms with Gasteiger partial charge < -0.3 is 4.90 Å². The van der Waals surface area contributed by atoms with E-state index in [9.17, 15) is 4.79 Å². The molecule has 2 aromatic rings. The third-order valence-electron chi connectivity index (χ3n) is 5.89. The van der Waals surface area contributed by atoms with Gasteiger partial charge in [-0.15, -0.1) is 11.3 Å². The summed E-state index contributed by atoms with van der Waals surface area (Å²) in [5.74, 6) is 1.12. The summed E-state index contributed by atoms with van der Waals surface area (Å²) < 4.78 is 0. The van der Waals surface area contributed by atoms with Crippen molar-refractivity contribution in [3.8, 4) is 0 Å². The SMILES string of the molecule is O=C(CCC1CCCCC1)N1CCc2sccc2C1c1ccccc1. The first-order valence-corrected chi connectivity index (χ1v) is 10.6. The maximum atomic E-state index is 13.1. The Kier molecular flexibility index (Phi) is 5.21. The van der Waals surface area contributed by atoms with Crippen molar-refractivity contribution >= 4 is 17.2 Å². The summed E-state index contributed by atoms with van der Waals surface area (Å²) >= 11 is 1.84. The molecule has 1 unspecified atom stereocenters. The van der Waals surface area contributed by atoms with Crippen LogP contribution >= 0.6 is 11.3 Å². The third-order valence-corrected chi connectivity index (χ3v) is 6.89. The average Bonchev–Trinajstić information content (AvgIpc) is 3.15. The van der Waals surface area contributed by atoms with Gasteiger partial charge in [0.05, 0.1) is 6.04 Å². The predicted molar refractivity (Wildman–Crippen MR) is 104 cm³/mol. The largest absolute Gasteiger partial charge is 0.331 e. The number of fused-ring (bicyclic) bond motifs is 1. The smallest absolute Gasteiger partial charge is 0.223 e. The Labute approximate surface area is 154 Å². The molecule has 25 heavy (non-hydrogen) atoms. The molecular weight excluding hydrogens is 326 g/mol. The molecule has 1 aromatic heterocycles. The molecule has 0 radical (unpaired) electrons. The molecule has 2 heterocycles. The molecule has 2 aliphatic rings. The molecule has 3 heteroatoms. The van der Waals surface area contributed by atoms with Crippen molar-refractivity contribution in [1.29, 1.82) is 0 Å². The minimum absolute atomic E-state index is 0.107. The van der Waals surface area contributed by atoms with Gasteiger partial charge in [-0.25, -0.2) is 0 Å². The van der Waals surface area contributed by atoms with Crippen LogP contribution in [-0.4, -0.2) is 17.4 Å². The number of thiophene rings is 1. The molecule has 1 aliphatic carbocycles. The van der Waals surface area contributed by atoms with Crippen molar-refractivity contribution in [1.82, 2.24) is 4.90 Å². The molecule has 1 amide bonds. The van der Waals surface area contributed by atoms with E-state index in [0.29, 0.717) is 12.3 Å². The van der Waals surface area contributed by atoms with E-state index in [2.05, 4.69) is 46.7 Å². The molecule has 1 aromatic carbocycles. The lowest BCUT2D eigenvalue weighted by Crippen LogP contribution is -2.40. The molecular formula is C22H27NOS. The normalized spacial score (nSPS) is 21.1. The minimum Gasteiger partial charge on any atom is -0.331 e. The van der Waals surface area contributed by atoms with Crippen LogP contribution in [-0.2, 0) is 11.2 Å². The monoisotopic (exact) mass is 353 g/mol. The van der Waals surface area contributed by atoms with Gasteiger partial charge in [0, 0.05) is 17.8 Å². The fourth-order valence-electron chi connectivity index (χ4n) is 4.53. The summed E-state index contributed by atoms with van der Waals surface area (Å²) in [5, 5.41) is 2.18. The van der Waals surface area contributed by atoms with E-state index in [1.807, 2.05) is 11.3 Å². The lowest BCUT2D eigenvalue weighted by molar-refractivity contribution is -0.133. The summed E-state index contributed by atoms with van der Waals surface area (Å²) in [6.07, 6.45) is 9.54. The molecule has 4 rings (SSSR count). The number of nitrogens with zero attached hydrogens (tertiary/aromatic N) is 1. The van der Waals surface area contributed by atoms with Crippen molar-refractivity contribution in [3.63, 3.8) is 0 Å². The maximum absolute atomic E-state index is 13.1. The van der Waals surface area contributed by atoms with Crippen LogP contribution in [0, 0.1) is 5.92 Å². The van der Waals surface area contributed by atoms with E-state index in [0.717, 1.165) is 25.3 Å². The van der Waals surface area contributed by atoms with E-state index in [1.54, 1.807) is 0 Å². The Hall–Kier alpha value is -1.61. The third kappa shape index (κ3) is 3.67. The van der Waals surface area contributed by atoms with E-state index in [1.165, 1.54) is 48.1 Å². The fraction of sp³-hybridized carbons (Fsp3) is 0.500. The Bertz CT molecular complexity index is 702. The second-order valence-electron chi connectivity index (χ2n) is 7.49. The lowest BCUT2D eigenvalue weighted by Gasteiger charge is -2.37. The average molecular weight is 354 g/mol. The second kappa shape index (κ2) is 7.74. The molecule has 0 bridgehead atoms. The van der Waals surface area contributed by atoms with E-state index >= 15 is 0 Å². The zero-order valence-corrected chi connectivity index (χ0v) is 15.6.